The van der Waals surface area contributed by atoms with Gasteiger partial charge in [-0.3, -0.25) is 9.69 Å². The van der Waals surface area contributed by atoms with Crippen molar-refractivity contribution in [2.75, 3.05) is 25.0 Å². The fourth-order valence-corrected chi connectivity index (χ4v) is 4.86. The van der Waals surface area contributed by atoms with Crippen LogP contribution in [0.5, 0.6) is 5.75 Å². The Kier molecular flexibility index (Phi) is 6.07. The van der Waals surface area contributed by atoms with Gasteiger partial charge in [0.1, 0.15) is 5.75 Å². The first-order valence-electron chi connectivity index (χ1n) is 9.81. The molecule has 5 nitrogen and oxygen atoms in total. The molecule has 0 unspecified atom stereocenters. The van der Waals surface area contributed by atoms with E-state index in [1.807, 2.05) is 14.0 Å². The monoisotopic (exact) mass is 399 g/mol. The normalized spacial score (nSPS) is 25.8. The summed E-state index contributed by atoms with van der Waals surface area (Å²) in [7, 11) is 1.99. The molecule has 1 aliphatic heterocycles. The number of primary amides is 1. The van der Waals surface area contributed by atoms with E-state index in [1.54, 1.807) is 12.1 Å². The van der Waals surface area contributed by atoms with Crippen LogP contribution in [0.3, 0.4) is 0 Å². The maximum Gasteiger partial charge on any atom is 0.573 e. The number of fused-ring (bicyclic) bond motifs is 1. The number of amides is 1. The molecule has 1 saturated carbocycles. The van der Waals surface area contributed by atoms with Crippen molar-refractivity contribution in [1.82, 2.24) is 4.90 Å². The van der Waals surface area contributed by atoms with E-state index in [2.05, 4.69) is 14.5 Å². The van der Waals surface area contributed by atoms with E-state index >= 15 is 0 Å². The molecular weight excluding hydrogens is 371 g/mol. The Labute approximate surface area is 163 Å². The van der Waals surface area contributed by atoms with Crippen molar-refractivity contribution in [2.45, 2.75) is 51.1 Å². The Hall–Kier alpha value is -1.96. The summed E-state index contributed by atoms with van der Waals surface area (Å²) in [6, 6.07) is 6.10. The average Bonchev–Trinajstić information content (AvgIpc) is 3.18. The lowest BCUT2D eigenvalue weighted by Crippen LogP contribution is -2.49. The Morgan fingerprint density at radius 1 is 1.29 bits per heavy atom. The smallest absolute Gasteiger partial charge is 0.406 e. The number of hydrogen-bond acceptors (Lipinski definition) is 4. The topological polar surface area (TPSA) is 58.8 Å². The summed E-state index contributed by atoms with van der Waals surface area (Å²) in [5.74, 6) is 0.462. The second-order valence-corrected chi connectivity index (χ2v) is 7.89. The molecule has 1 saturated heterocycles. The van der Waals surface area contributed by atoms with Crippen LogP contribution in [0, 0.1) is 11.8 Å². The molecule has 0 aromatic heterocycles. The predicted molar refractivity (Wildman–Crippen MR) is 101 cm³/mol. The molecule has 2 fully saturated rings. The van der Waals surface area contributed by atoms with Gasteiger partial charge in [0.25, 0.3) is 0 Å². The van der Waals surface area contributed by atoms with E-state index in [0.717, 1.165) is 44.5 Å². The van der Waals surface area contributed by atoms with E-state index in [1.165, 1.54) is 12.1 Å². The first kappa shape index (κ1) is 20.8. The molecular formula is C20H28F3N3O2. The molecule has 8 heteroatoms. The zero-order chi connectivity index (χ0) is 20.5. The van der Waals surface area contributed by atoms with Gasteiger partial charge in [-0.25, -0.2) is 0 Å². The molecule has 2 N–H and O–H groups in total. The van der Waals surface area contributed by atoms with Gasteiger partial charge in [0.15, 0.2) is 0 Å². The van der Waals surface area contributed by atoms with Gasteiger partial charge in [0.05, 0.1) is 6.04 Å². The second-order valence-electron chi connectivity index (χ2n) is 7.89. The van der Waals surface area contributed by atoms with E-state index in [9.17, 15) is 18.0 Å². The van der Waals surface area contributed by atoms with Gasteiger partial charge in [-0.1, -0.05) is 13.3 Å². The summed E-state index contributed by atoms with van der Waals surface area (Å²) in [5.41, 5.74) is 6.52. The number of likely N-dealkylation sites (N-methyl/N-ethyl adjacent to an activating group) is 1. The third-order valence-corrected chi connectivity index (χ3v) is 6.16. The van der Waals surface area contributed by atoms with Crippen LogP contribution in [-0.2, 0) is 4.79 Å². The zero-order valence-electron chi connectivity index (χ0n) is 16.3. The molecule has 1 amide bonds. The number of nitrogens with zero attached hydrogens (tertiary/aromatic N) is 2. The molecule has 156 valence electrons. The van der Waals surface area contributed by atoms with Crippen molar-refractivity contribution in [3.63, 3.8) is 0 Å². The van der Waals surface area contributed by atoms with Crippen molar-refractivity contribution >= 4 is 11.6 Å². The lowest BCUT2D eigenvalue weighted by Gasteiger charge is -2.34. The van der Waals surface area contributed by atoms with E-state index < -0.39 is 6.36 Å². The minimum Gasteiger partial charge on any atom is -0.406 e. The van der Waals surface area contributed by atoms with Gasteiger partial charge in [0.2, 0.25) is 5.91 Å². The van der Waals surface area contributed by atoms with Crippen molar-refractivity contribution in [1.29, 1.82) is 0 Å². The standard InChI is InChI=1S/C20H28F3N3O2/c1-3-4-18(19(24)27)25(2)17-10-5-13-11-26(12-16(13)17)14-6-8-15(9-7-14)28-20(21,22)23/h6-9,13,16-18H,3-5,10-12H2,1-2H3,(H2,24,27)/t13-,16+,17+,18+/m1/s1. The third-order valence-electron chi connectivity index (χ3n) is 6.16. The van der Waals surface area contributed by atoms with Gasteiger partial charge < -0.3 is 15.4 Å². The highest BCUT2D eigenvalue weighted by Gasteiger charge is 2.45. The highest BCUT2D eigenvalue weighted by atomic mass is 19.4. The summed E-state index contributed by atoms with van der Waals surface area (Å²) in [6.45, 7) is 3.75. The van der Waals surface area contributed by atoms with Crippen LogP contribution in [-0.4, -0.2) is 49.4 Å². The summed E-state index contributed by atoms with van der Waals surface area (Å²) in [6.07, 6.45) is -0.893. The predicted octanol–water partition coefficient (Wildman–Crippen LogP) is 3.39. The molecule has 3 rings (SSSR count). The number of nitrogens with two attached hydrogens (primary N) is 1. The zero-order valence-corrected chi connectivity index (χ0v) is 16.3. The maximum absolute atomic E-state index is 12.3. The molecule has 1 aliphatic carbocycles. The van der Waals surface area contributed by atoms with Gasteiger partial charge in [-0.05, 0) is 62.4 Å². The fraction of sp³-hybridized carbons (Fsp3) is 0.650. The molecule has 28 heavy (non-hydrogen) atoms. The summed E-state index contributed by atoms with van der Waals surface area (Å²) in [5, 5.41) is 0. The summed E-state index contributed by atoms with van der Waals surface area (Å²) < 4.78 is 40.9. The first-order valence-corrected chi connectivity index (χ1v) is 9.81. The number of rotatable bonds is 7. The molecule has 0 radical (unpaired) electrons. The van der Waals surface area contributed by atoms with Crippen molar-refractivity contribution in [2.24, 2.45) is 17.6 Å². The molecule has 1 aromatic rings. The number of anilines is 1. The molecule has 1 heterocycles. The van der Waals surface area contributed by atoms with Crippen LogP contribution < -0.4 is 15.4 Å². The van der Waals surface area contributed by atoms with Crippen LogP contribution in [0.2, 0.25) is 0 Å². The molecule has 1 aromatic carbocycles. The van der Waals surface area contributed by atoms with Crippen molar-refractivity contribution in [3.05, 3.63) is 24.3 Å². The Morgan fingerprint density at radius 3 is 2.54 bits per heavy atom. The molecule has 2 aliphatic rings. The van der Waals surface area contributed by atoms with Gasteiger partial charge in [0, 0.05) is 24.8 Å². The molecule has 0 spiro atoms. The number of benzene rings is 1. The number of carbonyl (C=O) groups is 1. The van der Waals surface area contributed by atoms with Crippen LogP contribution >= 0.6 is 0 Å². The maximum atomic E-state index is 12.3. The number of hydrogen-bond donors (Lipinski definition) is 1. The molecule has 0 bridgehead atoms. The number of halogens is 3. The quantitative estimate of drug-likeness (QED) is 0.764. The lowest BCUT2D eigenvalue weighted by atomic mass is 9.95. The number of ether oxygens (including phenoxy) is 1. The molecule has 4 atom stereocenters. The third kappa shape index (κ3) is 4.54. The minimum atomic E-state index is -4.68. The first-order chi connectivity index (χ1) is 13.2. The van der Waals surface area contributed by atoms with Crippen LogP contribution in [0.25, 0.3) is 0 Å². The van der Waals surface area contributed by atoms with Gasteiger partial charge in [-0.15, -0.1) is 13.2 Å². The summed E-state index contributed by atoms with van der Waals surface area (Å²) >= 11 is 0. The Balaban J connectivity index is 1.66. The number of alkyl halides is 3. The van der Waals surface area contributed by atoms with E-state index in [0.29, 0.717) is 17.9 Å². The van der Waals surface area contributed by atoms with Crippen molar-refractivity contribution in [3.8, 4) is 5.75 Å². The van der Waals surface area contributed by atoms with Crippen molar-refractivity contribution < 1.29 is 22.7 Å². The SMILES string of the molecule is CCC[C@@H](C(N)=O)N(C)[C@H]1CC[C@@H]2CN(c3ccc(OC(F)(F)F)cc3)C[C@@H]21. The Bertz CT molecular complexity index is 680. The summed E-state index contributed by atoms with van der Waals surface area (Å²) in [4.78, 5) is 16.2. The average molecular weight is 399 g/mol. The fourth-order valence-electron chi connectivity index (χ4n) is 4.86. The largest absolute Gasteiger partial charge is 0.573 e. The minimum absolute atomic E-state index is 0.211. The second kappa shape index (κ2) is 8.19. The van der Waals surface area contributed by atoms with E-state index in [-0.39, 0.29) is 17.7 Å². The van der Waals surface area contributed by atoms with Crippen LogP contribution in [0.15, 0.2) is 24.3 Å². The van der Waals surface area contributed by atoms with Crippen LogP contribution in [0.1, 0.15) is 32.6 Å². The highest BCUT2D eigenvalue weighted by Crippen LogP contribution is 2.42. The van der Waals surface area contributed by atoms with Gasteiger partial charge >= 0.3 is 6.36 Å². The number of carbonyl (C=O) groups excluding carboxylic acids is 1. The van der Waals surface area contributed by atoms with E-state index in [4.69, 9.17) is 5.73 Å². The Morgan fingerprint density at radius 2 is 1.96 bits per heavy atom. The lowest BCUT2D eigenvalue weighted by molar-refractivity contribution is -0.274. The van der Waals surface area contributed by atoms with Crippen LogP contribution in [0.4, 0.5) is 18.9 Å². The van der Waals surface area contributed by atoms with Gasteiger partial charge in [-0.2, -0.15) is 0 Å². The highest BCUT2D eigenvalue weighted by molar-refractivity contribution is 5.79.